The zero-order valence-electron chi connectivity index (χ0n) is 11.6. The molecule has 106 valence electrons. The summed E-state index contributed by atoms with van der Waals surface area (Å²) in [6, 6.07) is 15.3. The van der Waals surface area contributed by atoms with Crippen LogP contribution in [0.15, 0.2) is 54.7 Å². The normalized spacial score (nSPS) is 10.3. The minimum absolute atomic E-state index is 0.386. The molecule has 0 aliphatic heterocycles. The van der Waals surface area contributed by atoms with Crippen LogP contribution in [0.2, 0.25) is 0 Å². The lowest BCUT2D eigenvalue weighted by Gasteiger charge is -2.05. The highest BCUT2D eigenvalue weighted by molar-refractivity contribution is 5.67. The average Bonchev–Trinajstić information content (AvgIpc) is 3.02. The molecule has 1 aromatic carbocycles. The predicted octanol–water partition coefficient (Wildman–Crippen LogP) is 3.06. The highest BCUT2D eigenvalue weighted by Gasteiger charge is 2.09. The molecule has 3 rings (SSSR count). The quantitative estimate of drug-likeness (QED) is 0.780. The van der Waals surface area contributed by atoms with E-state index in [1.54, 1.807) is 13.3 Å². The van der Waals surface area contributed by atoms with Crippen molar-refractivity contribution in [3.8, 4) is 22.9 Å². The number of hydrogen-bond donors (Lipinski definition) is 1. The Kier molecular flexibility index (Phi) is 3.82. The highest BCUT2D eigenvalue weighted by Crippen LogP contribution is 2.29. The Labute approximate surface area is 122 Å². The summed E-state index contributed by atoms with van der Waals surface area (Å²) < 4.78 is 11.0. The van der Waals surface area contributed by atoms with Gasteiger partial charge in [-0.05, 0) is 24.3 Å². The standard InChI is InChI=1S/C16H15N3O2/c1-20-15-8-3-2-7-13(15)14-10-16(19-18-14)21-11-12-6-4-5-9-17-12/h2-10H,11H2,1H3,(H,18,19). The molecule has 0 unspecified atom stereocenters. The number of rotatable bonds is 5. The Morgan fingerprint density at radius 1 is 1.10 bits per heavy atom. The van der Waals surface area contributed by atoms with Crippen LogP contribution >= 0.6 is 0 Å². The molecule has 0 aliphatic rings. The molecule has 0 amide bonds. The van der Waals surface area contributed by atoms with Crippen LogP contribution in [0.4, 0.5) is 0 Å². The first-order valence-electron chi connectivity index (χ1n) is 6.58. The Morgan fingerprint density at radius 3 is 2.76 bits per heavy atom. The number of para-hydroxylation sites is 1. The molecule has 2 heterocycles. The number of nitrogens with one attached hydrogen (secondary N) is 1. The highest BCUT2D eigenvalue weighted by atomic mass is 16.5. The summed E-state index contributed by atoms with van der Waals surface area (Å²) in [6.07, 6.45) is 1.74. The first-order chi connectivity index (χ1) is 10.4. The fourth-order valence-corrected chi connectivity index (χ4v) is 2.01. The molecule has 2 aromatic heterocycles. The van der Waals surface area contributed by atoms with Crippen LogP contribution in [0.3, 0.4) is 0 Å². The van der Waals surface area contributed by atoms with E-state index >= 15 is 0 Å². The number of hydrogen-bond acceptors (Lipinski definition) is 4. The maximum atomic E-state index is 5.62. The van der Waals surface area contributed by atoms with Gasteiger partial charge >= 0.3 is 0 Å². The van der Waals surface area contributed by atoms with Gasteiger partial charge in [-0.15, -0.1) is 5.10 Å². The van der Waals surface area contributed by atoms with Crippen LogP contribution in [0.25, 0.3) is 11.3 Å². The van der Waals surface area contributed by atoms with Crippen molar-refractivity contribution in [2.24, 2.45) is 0 Å². The lowest BCUT2D eigenvalue weighted by molar-refractivity contribution is 0.289. The third-order valence-corrected chi connectivity index (χ3v) is 3.05. The fraction of sp³-hybridized carbons (Fsp3) is 0.125. The van der Waals surface area contributed by atoms with Gasteiger partial charge in [0.2, 0.25) is 5.88 Å². The van der Waals surface area contributed by atoms with Crippen LogP contribution in [-0.4, -0.2) is 22.3 Å². The first kappa shape index (κ1) is 13.2. The molecule has 0 radical (unpaired) electrons. The Balaban J connectivity index is 1.74. The van der Waals surface area contributed by atoms with Crippen LogP contribution in [0.5, 0.6) is 11.6 Å². The van der Waals surface area contributed by atoms with Gasteiger partial charge in [0.15, 0.2) is 0 Å². The molecule has 0 atom stereocenters. The van der Waals surface area contributed by atoms with Crippen molar-refractivity contribution >= 4 is 0 Å². The van der Waals surface area contributed by atoms with Crippen molar-refractivity contribution in [3.63, 3.8) is 0 Å². The number of benzene rings is 1. The summed E-state index contributed by atoms with van der Waals surface area (Å²) in [5.74, 6) is 1.32. The van der Waals surface area contributed by atoms with Crippen LogP contribution in [-0.2, 0) is 6.61 Å². The Morgan fingerprint density at radius 2 is 1.95 bits per heavy atom. The maximum absolute atomic E-state index is 5.62. The minimum Gasteiger partial charge on any atom is -0.496 e. The van der Waals surface area contributed by atoms with Crippen LogP contribution in [0.1, 0.15) is 5.69 Å². The number of H-pyrrole nitrogens is 1. The SMILES string of the molecule is COc1ccccc1-c1cc(OCc2ccccn2)n[nH]1. The van der Waals surface area contributed by atoms with E-state index in [1.807, 2.05) is 48.5 Å². The van der Waals surface area contributed by atoms with Gasteiger partial charge in [-0.2, -0.15) is 0 Å². The summed E-state index contributed by atoms with van der Waals surface area (Å²) in [5, 5.41) is 7.11. The smallest absolute Gasteiger partial charge is 0.233 e. The zero-order chi connectivity index (χ0) is 14.5. The van der Waals surface area contributed by atoms with Gasteiger partial charge in [-0.25, -0.2) is 0 Å². The molecule has 0 aliphatic carbocycles. The molecule has 0 saturated heterocycles. The maximum Gasteiger partial charge on any atom is 0.233 e. The lowest BCUT2D eigenvalue weighted by Crippen LogP contribution is -1.97. The monoisotopic (exact) mass is 281 g/mol. The minimum atomic E-state index is 0.386. The van der Waals surface area contributed by atoms with Crippen molar-refractivity contribution in [2.45, 2.75) is 6.61 Å². The molecule has 5 nitrogen and oxygen atoms in total. The van der Waals surface area contributed by atoms with E-state index in [2.05, 4.69) is 15.2 Å². The zero-order valence-corrected chi connectivity index (χ0v) is 11.6. The summed E-state index contributed by atoms with van der Waals surface area (Å²) >= 11 is 0. The second-order valence-electron chi connectivity index (χ2n) is 4.43. The molecule has 1 N–H and O–H groups in total. The van der Waals surface area contributed by atoms with Crippen LogP contribution in [0, 0.1) is 0 Å². The van der Waals surface area contributed by atoms with E-state index in [9.17, 15) is 0 Å². The van der Waals surface area contributed by atoms with Crippen molar-refractivity contribution in [2.75, 3.05) is 7.11 Å². The molecule has 0 saturated carbocycles. The number of ether oxygens (including phenoxy) is 2. The molecule has 0 fully saturated rings. The predicted molar refractivity (Wildman–Crippen MR) is 79.1 cm³/mol. The third kappa shape index (κ3) is 3.02. The summed E-state index contributed by atoms with van der Waals surface area (Å²) in [4.78, 5) is 4.20. The first-order valence-corrected chi connectivity index (χ1v) is 6.58. The largest absolute Gasteiger partial charge is 0.496 e. The van der Waals surface area contributed by atoms with Gasteiger partial charge in [0, 0.05) is 17.8 Å². The second kappa shape index (κ2) is 6.09. The number of pyridine rings is 1. The van der Waals surface area contributed by atoms with E-state index in [0.29, 0.717) is 12.5 Å². The van der Waals surface area contributed by atoms with Gasteiger partial charge < -0.3 is 9.47 Å². The molecular weight excluding hydrogens is 266 g/mol. The Bertz CT molecular complexity index is 710. The third-order valence-electron chi connectivity index (χ3n) is 3.05. The number of nitrogens with zero attached hydrogens (tertiary/aromatic N) is 2. The van der Waals surface area contributed by atoms with Crippen molar-refractivity contribution in [1.29, 1.82) is 0 Å². The molecule has 0 bridgehead atoms. The van der Waals surface area contributed by atoms with Crippen molar-refractivity contribution in [3.05, 3.63) is 60.4 Å². The van der Waals surface area contributed by atoms with Gasteiger partial charge in [0.1, 0.15) is 12.4 Å². The molecular formula is C16H15N3O2. The van der Waals surface area contributed by atoms with Gasteiger partial charge in [-0.3, -0.25) is 10.1 Å². The van der Waals surface area contributed by atoms with E-state index in [-0.39, 0.29) is 0 Å². The topological polar surface area (TPSA) is 60.0 Å². The summed E-state index contributed by atoms with van der Waals surface area (Å²) in [5.41, 5.74) is 2.66. The number of aromatic amines is 1. The van der Waals surface area contributed by atoms with Gasteiger partial charge in [0.25, 0.3) is 0 Å². The molecule has 0 spiro atoms. The van der Waals surface area contributed by atoms with E-state index in [4.69, 9.17) is 9.47 Å². The fourth-order valence-electron chi connectivity index (χ4n) is 2.01. The molecule has 21 heavy (non-hydrogen) atoms. The summed E-state index contributed by atoms with van der Waals surface area (Å²) in [6.45, 7) is 0.386. The summed E-state index contributed by atoms with van der Waals surface area (Å²) in [7, 11) is 1.65. The van der Waals surface area contributed by atoms with E-state index in [1.165, 1.54) is 0 Å². The van der Waals surface area contributed by atoms with Gasteiger partial charge in [-0.1, -0.05) is 18.2 Å². The van der Waals surface area contributed by atoms with E-state index < -0.39 is 0 Å². The van der Waals surface area contributed by atoms with Gasteiger partial charge in [0.05, 0.1) is 18.5 Å². The molecule has 5 heteroatoms. The second-order valence-corrected chi connectivity index (χ2v) is 4.43. The Hall–Kier alpha value is -2.82. The lowest BCUT2D eigenvalue weighted by atomic mass is 10.1. The van der Waals surface area contributed by atoms with Crippen molar-refractivity contribution in [1.82, 2.24) is 15.2 Å². The van der Waals surface area contributed by atoms with E-state index in [0.717, 1.165) is 22.7 Å². The van der Waals surface area contributed by atoms with Crippen molar-refractivity contribution < 1.29 is 9.47 Å². The average molecular weight is 281 g/mol. The number of methoxy groups -OCH3 is 1. The van der Waals surface area contributed by atoms with Crippen LogP contribution < -0.4 is 9.47 Å². The molecule has 3 aromatic rings. The number of aromatic nitrogens is 3.